The largest absolute Gasteiger partial charge is 0.478 e. The zero-order chi connectivity index (χ0) is 15.6. The maximum atomic E-state index is 12.3. The summed E-state index contributed by atoms with van der Waals surface area (Å²) in [6.45, 7) is 5.49. The van der Waals surface area contributed by atoms with Gasteiger partial charge in [-0.2, -0.15) is 5.10 Å². The van der Waals surface area contributed by atoms with E-state index in [0.29, 0.717) is 5.75 Å². The van der Waals surface area contributed by atoms with Crippen molar-refractivity contribution in [1.29, 1.82) is 0 Å². The Kier molecular flexibility index (Phi) is 4.07. The summed E-state index contributed by atoms with van der Waals surface area (Å²) < 4.78 is 6.61. The number of carbonyl (C=O) groups excluding carboxylic acids is 1. The molecule has 110 valence electrons. The van der Waals surface area contributed by atoms with Gasteiger partial charge in [0.15, 0.2) is 5.69 Å². The van der Waals surface area contributed by atoms with Crippen LogP contribution in [0.15, 0.2) is 30.5 Å². The highest BCUT2D eigenvalue weighted by atomic mass is 16.5. The number of ether oxygens (including phenoxy) is 1. The number of carbonyl (C=O) groups is 2. The van der Waals surface area contributed by atoms with Gasteiger partial charge < -0.3 is 9.84 Å². The molecule has 1 heterocycles. The molecule has 0 aliphatic heterocycles. The molecule has 0 spiro atoms. The predicted octanol–water partition coefficient (Wildman–Crippen LogP) is 2.69. The second kappa shape index (κ2) is 5.78. The third kappa shape index (κ3) is 3.10. The van der Waals surface area contributed by atoms with Crippen molar-refractivity contribution in [2.75, 3.05) is 0 Å². The monoisotopic (exact) mass is 288 g/mol. The van der Waals surface area contributed by atoms with E-state index in [1.165, 1.54) is 4.68 Å². The number of benzene rings is 1. The number of hydrogen-bond donors (Lipinski definition) is 1. The minimum atomic E-state index is -1.21. The minimum Gasteiger partial charge on any atom is -0.478 e. The van der Waals surface area contributed by atoms with E-state index < -0.39 is 11.9 Å². The van der Waals surface area contributed by atoms with E-state index in [-0.39, 0.29) is 17.3 Å². The molecule has 0 radical (unpaired) electrons. The fourth-order valence-corrected chi connectivity index (χ4v) is 1.95. The zero-order valence-electron chi connectivity index (χ0n) is 12.0. The molecule has 6 nitrogen and oxygen atoms in total. The summed E-state index contributed by atoms with van der Waals surface area (Å²) in [6.07, 6.45) is 1.16. The van der Waals surface area contributed by atoms with Crippen LogP contribution in [0, 0.1) is 6.92 Å². The summed E-state index contributed by atoms with van der Waals surface area (Å²) in [5, 5.41) is 13.1. The summed E-state index contributed by atoms with van der Waals surface area (Å²) in [5.41, 5.74) is 0.719. The number of carboxylic acid groups (broad SMARTS) is 1. The molecule has 0 saturated carbocycles. The maximum Gasteiger partial charge on any atom is 0.362 e. The molecule has 0 amide bonds. The molecule has 0 saturated heterocycles. The molecular weight excluding hydrogens is 272 g/mol. The van der Waals surface area contributed by atoms with E-state index in [0.717, 1.165) is 11.8 Å². The molecule has 0 bridgehead atoms. The lowest BCUT2D eigenvalue weighted by Gasteiger charge is -2.11. The fourth-order valence-electron chi connectivity index (χ4n) is 1.95. The number of aromatic nitrogens is 2. The lowest BCUT2D eigenvalue weighted by Crippen LogP contribution is -2.20. The first-order valence-corrected chi connectivity index (χ1v) is 6.49. The third-order valence-corrected chi connectivity index (χ3v) is 2.91. The van der Waals surface area contributed by atoms with Crippen molar-refractivity contribution in [3.05, 3.63) is 47.3 Å². The van der Waals surface area contributed by atoms with Crippen LogP contribution in [0.2, 0.25) is 0 Å². The zero-order valence-corrected chi connectivity index (χ0v) is 12.0. The van der Waals surface area contributed by atoms with E-state index in [9.17, 15) is 9.59 Å². The Morgan fingerprint density at radius 2 is 2.05 bits per heavy atom. The third-order valence-electron chi connectivity index (χ3n) is 2.91. The molecule has 2 rings (SSSR count). The molecule has 0 atom stereocenters. The van der Waals surface area contributed by atoms with Crippen LogP contribution in [0.1, 0.15) is 46.3 Å². The standard InChI is InChI=1S/C15H16N2O4/c1-9(2)17-13(12(8-16-17)14(18)19)15(20)21-11-6-4-5-10(3)7-11/h4-9H,1-3H3,(H,18,19). The van der Waals surface area contributed by atoms with Gasteiger partial charge in [-0.05, 0) is 38.5 Å². The molecular formula is C15H16N2O4. The number of carboxylic acids is 1. The molecule has 1 aromatic heterocycles. The van der Waals surface area contributed by atoms with Crippen LogP contribution < -0.4 is 4.74 Å². The lowest BCUT2D eigenvalue weighted by atomic mass is 10.2. The van der Waals surface area contributed by atoms with Gasteiger partial charge in [-0.25, -0.2) is 9.59 Å². The van der Waals surface area contributed by atoms with Crippen LogP contribution >= 0.6 is 0 Å². The first-order valence-electron chi connectivity index (χ1n) is 6.49. The average Bonchev–Trinajstić information content (AvgIpc) is 2.83. The Morgan fingerprint density at radius 1 is 1.33 bits per heavy atom. The molecule has 2 aromatic rings. The molecule has 0 aliphatic rings. The average molecular weight is 288 g/mol. The smallest absolute Gasteiger partial charge is 0.362 e. The van der Waals surface area contributed by atoms with E-state index in [1.807, 2.05) is 26.8 Å². The van der Waals surface area contributed by atoms with E-state index >= 15 is 0 Å². The minimum absolute atomic E-state index is 0.0565. The number of aryl methyl sites for hydroxylation is 1. The normalized spacial score (nSPS) is 10.7. The van der Waals surface area contributed by atoms with Gasteiger partial charge in [0.2, 0.25) is 0 Å². The number of nitrogens with zero attached hydrogens (tertiary/aromatic N) is 2. The lowest BCUT2D eigenvalue weighted by molar-refractivity contribution is 0.0661. The first kappa shape index (κ1) is 14.8. The van der Waals surface area contributed by atoms with Crippen molar-refractivity contribution in [3.63, 3.8) is 0 Å². The molecule has 21 heavy (non-hydrogen) atoms. The Morgan fingerprint density at radius 3 is 2.62 bits per heavy atom. The van der Waals surface area contributed by atoms with Gasteiger partial charge in [0.1, 0.15) is 11.3 Å². The van der Waals surface area contributed by atoms with E-state index in [4.69, 9.17) is 9.84 Å². The van der Waals surface area contributed by atoms with Crippen LogP contribution in [-0.4, -0.2) is 26.8 Å². The Hall–Kier alpha value is -2.63. The van der Waals surface area contributed by atoms with Gasteiger partial charge in [0, 0.05) is 6.04 Å². The van der Waals surface area contributed by atoms with Crippen LogP contribution in [0.5, 0.6) is 5.75 Å². The number of hydrogen-bond acceptors (Lipinski definition) is 4. The Bertz CT molecular complexity index is 689. The highest BCUT2D eigenvalue weighted by Crippen LogP contribution is 2.19. The summed E-state index contributed by atoms with van der Waals surface area (Å²) in [5.74, 6) is -1.57. The Balaban J connectivity index is 2.38. The number of aromatic carboxylic acids is 1. The quantitative estimate of drug-likeness (QED) is 0.691. The first-order chi connectivity index (χ1) is 9.90. The second-order valence-corrected chi connectivity index (χ2v) is 4.96. The highest BCUT2D eigenvalue weighted by molar-refractivity contribution is 6.01. The van der Waals surface area contributed by atoms with Gasteiger partial charge >= 0.3 is 11.9 Å². The van der Waals surface area contributed by atoms with Crippen LogP contribution in [-0.2, 0) is 0 Å². The van der Waals surface area contributed by atoms with Gasteiger partial charge in [-0.15, -0.1) is 0 Å². The molecule has 6 heteroatoms. The van der Waals surface area contributed by atoms with Crippen LogP contribution in [0.25, 0.3) is 0 Å². The highest BCUT2D eigenvalue weighted by Gasteiger charge is 2.26. The van der Waals surface area contributed by atoms with Gasteiger partial charge in [0.25, 0.3) is 0 Å². The molecule has 0 fully saturated rings. The summed E-state index contributed by atoms with van der Waals surface area (Å²) in [4.78, 5) is 23.5. The summed E-state index contributed by atoms with van der Waals surface area (Å²) in [6, 6.07) is 6.82. The van der Waals surface area contributed by atoms with E-state index in [1.54, 1.807) is 18.2 Å². The van der Waals surface area contributed by atoms with E-state index in [2.05, 4.69) is 5.10 Å². The second-order valence-electron chi connectivity index (χ2n) is 4.96. The Labute approximate surface area is 122 Å². The van der Waals surface area contributed by atoms with Gasteiger partial charge in [-0.1, -0.05) is 12.1 Å². The van der Waals surface area contributed by atoms with Crippen molar-refractivity contribution in [2.24, 2.45) is 0 Å². The van der Waals surface area contributed by atoms with Crippen molar-refractivity contribution < 1.29 is 19.4 Å². The number of rotatable bonds is 4. The van der Waals surface area contributed by atoms with Crippen molar-refractivity contribution in [2.45, 2.75) is 26.8 Å². The van der Waals surface area contributed by atoms with Crippen LogP contribution in [0.3, 0.4) is 0 Å². The predicted molar refractivity (Wildman–Crippen MR) is 75.7 cm³/mol. The summed E-state index contributed by atoms with van der Waals surface area (Å²) >= 11 is 0. The molecule has 1 N–H and O–H groups in total. The topological polar surface area (TPSA) is 81.4 Å². The van der Waals surface area contributed by atoms with Crippen molar-refractivity contribution >= 4 is 11.9 Å². The van der Waals surface area contributed by atoms with Gasteiger partial charge in [-0.3, -0.25) is 4.68 Å². The summed E-state index contributed by atoms with van der Waals surface area (Å²) in [7, 11) is 0. The van der Waals surface area contributed by atoms with Gasteiger partial charge in [0.05, 0.1) is 6.20 Å². The van der Waals surface area contributed by atoms with Crippen LogP contribution in [0.4, 0.5) is 0 Å². The number of esters is 1. The SMILES string of the molecule is Cc1cccc(OC(=O)c2c(C(=O)O)cnn2C(C)C)c1. The van der Waals surface area contributed by atoms with Crippen molar-refractivity contribution in [1.82, 2.24) is 9.78 Å². The maximum absolute atomic E-state index is 12.3. The molecule has 1 aromatic carbocycles. The molecule has 0 unspecified atom stereocenters. The fraction of sp³-hybridized carbons (Fsp3) is 0.267. The molecule has 0 aliphatic carbocycles. The van der Waals surface area contributed by atoms with Crippen molar-refractivity contribution in [3.8, 4) is 5.75 Å².